The fourth-order valence-electron chi connectivity index (χ4n) is 2.13. The summed E-state index contributed by atoms with van der Waals surface area (Å²) >= 11 is 0. The Hall–Kier alpha value is -1.51. The Labute approximate surface area is 103 Å². The Morgan fingerprint density at radius 1 is 1.41 bits per heavy atom. The predicted octanol–water partition coefficient (Wildman–Crippen LogP) is 2.59. The minimum Gasteiger partial charge on any atom is -0.335 e. The third kappa shape index (κ3) is 2.99. The van der Waals surface area contributed by atoms with Gasteiger partial charge in [-0.15, -0.1) is 0 Å². The van der Waals surface area contributed by atoms with Crippen molar-refractivity contribution in [3.05, 3.63) is 35.9 Å². The van der Waals surface area contributed by atoms with E-state index in [0.29, 0.717) is 12.0 Å². The Morgan fingerprint density at radius 2 is 2.12 bits per heavy atom. The molecule has 0 spiro atoms. The summed E-state index contributed by atoms with van der Waals surface area (Å²) in [5.74, 6) is 0.509. The zero-order valence-electron chi connectivity index (χ0n) is 10.5. The summed E-state index contributed by atoms with van der Waals surface area (Å²) in [6.07, 6.45) is 2.06. The molecular weight excluding hydrogens is 212 g/mol. The van der Waals surface area contributed by atoms with Crippen LogP contribution >= 0.6 is 0 Å². The van der Waals surface area contributed by atoms with Crippen LogP contribution in [-0.4, -0.2) is 30.6 Å². The number of hydrogen-bond acceptors (Lipinski definition) is 1. The molecule has 3 heteroatoms. The van der Waals surface area contributed by atoms with Crippen LogP contribution in [0.15, 0.2) is 30.3 Å². The average Bonchev–Trinajstić information content (AvgIpc) is 3.10. The van der Waals surface area contributed by atoms with Crippen LogP contribution in [0, 0.1) is 0 Å². The molecule has 0 heterocycles. The molecule has 1 aromatic carbocycles. The molecule has 1 aliphatic rings. The highest BCUT2D eigenvalue weighted by molar-refractivity contribution is 5.74. The monoisotopic (exact) mass is 232 g/mol. The summed E-state index contributed by atoms with van der Waals surface area (Å²) in [7, 11) is 1.85. The largest absolute Gasteiger partial charge is 0.335 e. The number of nitrogens with zero attached hydrogens (tertiary/aromatic N) is 1. The highest BCUT2D eigenvalue weighted by Gasteiger charge is 2.39. The maximum absolute atomic E-state index is 11.8. The molecule has 17 heavy (non-hydrogen) atoms. The minimum absolute atomic E-state index is 0.0512. The van der Waals surface area contributed by atoms with Crippen LogP contribution in [-0.2, 0) is 0 Å². The van der Waals surface area contributed by atoms with E-state index < -0.39 is 0 Å². The van der Waals surface area contributed by atoms with E-state index in [1.54, 1.807) is 4.90 Å². The van der Waals surface area contributed by atoms with Gasteiger partial charge in [-0.2, -0.15) is 0 Å². The molecule has 2 rings (SSSR count). The lowest BCUT2D eigenvalue weighted by atomic mass is 10.1. The smallest absolute Gasteiger partial charge is 0.317 e. The Bertz CT molecular complexity index is 377. The number of hydrogen-bond donors (Lipinski definition) is 1. The van der Waals surface area contributed by atoms with Gasteiger partial charge in [-0.25, -0.2) is 4.79 Å². The van der Waals surface area contributed by atoms with E-state index in [-0.39, 0.29) is 6.03 Å². The van der Waals surface area contributed by atoms with Crippen LogP contribution in [0.5, 0.6) is 0 Å². The summed E-state index contributed by atoms with van der Waals surface area (Å²) in [6.45, 7) is 2.89. The maximum atomic E-state index is 11.8. The van der Waals surface area contributed by atoms with Crippen LogP contribution < -0.4 is 5.32 Å². The number of carbonyl (C=O) groups is 1. The van der Waals surface area contributed by atoms with Crippen LogP contribution in [0.2, 0.25) is 0 Å². The fraction of sp³-hybridized carbons (Fsp3) is 0.500. The van der Waals surface area contributed by atoms with E-state index >= 15 is 0 Å². The first kappa shape index (κ1) is 12.0. The molecule has 0 saturated heterocycles. The zero-order valence-corrected chi connectivity index (χ0v) is 10.5. The van der Waals surface area contributed by atoms with Gasteiger partial charge in [0.2, 0.25) is 0 Å². The standard InChI is InChI=1S/C14H20N2O/c1-3-9-16(2)14(17)15-13-10-12(13)11-7-5-4-6-8-11/h4-8,12-13H,3,9-10H2,1-2H3,(H,15,17). The summed E-state index contributed by atoms with van der Waals surface area (Å²) in [5.41, 5.74) is 1.33. The van der Waals surface area contributed by atoms with Crippen molar-refractivity contribution in [3.63, 3.8) is 0 Å². The molecule has 3 nitrogen and oxygen atoms in total. The van der Waals surface area contributed by atoms with E-state index in [2.05, 4.69) is 36.5 Å². The van der Waals surface area contributed by atoms with Crippen molar-refractivity contribution >= 4 is 6.03 Å². The van der Waals surface area contributed by atoms with Gasteiger partial charge in [0.05, 0.1) is 0 Å². The van der Waals surface area contributed by atoms with Gasteiger partial charge in [-0.1, -0.05) is 37.3 Å². The lowest BCUT2D eigenvalue weighted by Gasteiger charge is -2.16. The molecule has 0 aliphatic heterocycles. The summed E-state index contributed by atoms with van der Waals surface area (Å²) in [5, 5.41) is 3.07. The van der Waals surface area contributed by atoms with Crippen LogP contribution in [0.4, 0.5) is 4.79 Å². The highest BCUT2D eigenvalue weighted by atomic mass is 16.2. The van der Waals surface area contributed by atoms with Crippen molar-refractivity contribution in [1.29, 1.82) is 0 Å². The molecule has 1 N–H and O–H groups in total. The van der Waals surface area contributed by atoms with Crippen molar-refractivity contribution in [2.24, 2.45) is 0 Å². The molecule has 2 atom stereocenters. The van der Waals surface area contributed by atoms with Gasteiger partial charge in [0.15, 0.2) is 0 Å². The maximum Gasteiger partial charge on any atom is 0.317 e. The number of amides is 2. The van der Waals surface area contributed by atoms with Crippen LogP contribution in [0.25, 0.3) is 0 Å². The van der Waals surface area contributed by atoms with E-state index in [1.165, 1.54) is 5.56 Å². The predicted molar refractivity (Wildman–Crippen MR) is 69.0 cm³/mol. The first-order chi connectivity index (χ1) is 8.22. The quantitative estimate of drug-likeness (QED) is 0.850. The number of nitrogens with one attached hydrogen (secondary N) is 1. The Kier molecular flexibility index (Phi) is 3.67. The SMILES string of the molecule is CCCN(C)C(=O)NC1CC1c1ccccc1. The molecule has 0 aromatic heterocycles. The van der Waals surface area contributed by atoms with Crippen LogP contribution in [0.3, 0.4) is 0 Å². The second-order valence-electron chi connectivity index (χ2n) is 4.73. The molecule has 2 unspecified atom stereocenters. The third-order valence-electron chi connectivity index (χ3n) is 3.23. The fourth-order valence-corrected chi connectivity index (χ4v) is 2.13. The van der Waals surface area contributed by atoms with E-state index in [0.717, 1.165) is 19.4 Å². The summed E-state index contributed by atoms with van der Waals surface area (Å²) in [4.78, 5) is 13.5. The molecule has 1 fully saturated rings. The number of urea groups is 1. The third-order valence-corrected chi connectivity index (χ3v) is 3.23. The first-order valence-electron chi connectivity index (χ1n) is 6.29. The molecule has 0 radical (unpaired) electrons. The van der Waals surface area contributed by atoms with E-state index in [9.17, 15) is 4.79 Å². The van der Waals surface area contributed by atoms with Gasteiger partial charge in [0.1, 0.15) is 0 Å². The topological polar surface area (TPSA) is 32.3 Å². The number of carbonyl (C=O) groups excluding carboxylic acids is 1. The molecule has 1 saturated carbocycles. The van der Waals surface area contributed by atoms with E-state index in [1.807, 2.05) is 13.1 Å². The first-order valence-corrected chi connectivity index (χ1v) is 6.29. The lowest BCUT2D eigenvalue weighted by molar-refractivity contribution is 0.208. The van der Waals surface area contributed by atoms with Gasteiger partial charge in [0.25, 0.3) is 0 Å². The van der Waals surface area contributed by atoms with Crippen molar-refractivity contribution < 1.29 is 4.79 Å². The minimum atomic E-state index is 0.0512. The van der Waals surface area contributed by atoms with E-state index in [4.69, 9.17) is 0 Å². The molecule has 2 amide bonds. The molecule has 1 aromatic rings. The van der Waals surface area contributed by atoms with Gasteiger partial charge in [0, 0.05) is 25.6 Å². The summed E-state index contributed by atoms with van der Waals surface area (Å²) < 4.78 is 0. The van der Waals surface area contributed by atoms with Crippen molar-refractivity contribution in [2.45, 2.75) is 31.7 Å². The van der Waals surface area contributed by atoms with Gasteiger partial charge in [-0.3, -0.25) is 0 Å². The van der Waals surface area contributed by atoms with Crippen molar-refractivity contribution in [2.75, 3.05) is 13.6 Å². The number of benzene rings is 1. The highest BCUT2D eigenvalue weighted by Crippen LogP contribution is 2.40. The second-order valence-corrected chi connectivity index (χ2v) is 4.73. The molecule has 92 valence electrons. The summed E-state index contributed by atoms with van der Waals surface area (Å²) in [6, 6.07) is 10.8. The molecule has 1 aliphatic carbocycles. The lowest BCUT2D eigenvalue weighted by Crippen LogP contribution is -2.39. The Balaban J connectivity index is 1.82. The van der Waals surface area contributed by atoms with Crippen molar-refractivity contribution in [1.82, 2.24) is 10.2 Å². The molecular formula is C14H20N2O. The second kappa shape index (κ2) is 5.21. The average molecular weight is 232 g/mol. The van der Waals surface area contributed by atoms with Gasteiger partial charge < -0.3 is 10.2 Å². The molecule has 0 bridgehead atoms. The normalized spacial score (nSPS) is 22.0. The number of rotatable bonds is 4. The van der Waals surface area contributed by atoms with Gasteiger partial charge >= 0.3 is 6.03 Å². The zero-order chi connectivity index (χ0) is 12.3. The van der Waals surface area contributed by atoms with Crippen molar-refractivity contribution in [3.8, 4) is 0 Å². The van der Waals surface area contributed by atoms with Gasteiger partial charge in [-0.05, 0) is 18.4 Å². The van der Waals surface area contributed by atoms with Crippen LogP contribution in [0.1, 0.15) is 31.2 Å². The Morgan fingerprint density at radius 3 is 2.76 bits per heavy atom.